The summed E-state index contributed by atoms with van der Waals surface area (Å²) in [5, 5.41) is 0. The molecule has 1 fully saturated rings. The van der Waals surface area contributed by atoms with E-state index < -0.39 is 18.2 Å². The van der Waals surface area contributed by atoms with Gasteiger partial charge in [-0.2, -0.15) is 13.2 Å². The van der Waals surface area contributed by atoms with Crippen LogP contribution in [0.1, 0.15) is 36.3 Å². The van der Waals surface area contributed by atoms with Crippen molar-refractivity contribution in [3.63, 3.8) is 0 Å². The van der Waals surface area contributed by atoms with Gasteiger partial charge in [-0.15, -0.1) is 6.42 Å². The fourth-order valence-corrected chi connectivity index (χ4v) is 2.07. The first-order valence-electron chi connectivity index (χ1n) is 6.34. The van der Waals surface area contributed by atoms with Crippen LogP contribution in [0.4, 0.5) is 13.2 Å². The van der Waals surface area contributed by atoms with Crippen LogP contribution in [0.5, 0.6) is 5.75 Å². The van der Waals surface area contributed by atoms with E-state index >= 15 is 0 Å². The van der Waals surface area contributed by atoms with E-state index in [1.165, 1.54) is 6.92 Å². The Morgan fingerprint density at radius 2 is 2.15 bits per heavy atom. The van der Waals surface area contributed by atoms with Crippen LogP contribution in [0.3, 0.4) is 0 Å². The molecule has 20 heavy (non-hydrogen) atoms. The second-order valence-corrected chi connectivity index (χ2v) is 4.60. The Bertz CT molecular complexity index is 505. The molecule has 0 aromatic carbocycles. The number of furan rings is 1. The van der Waals surface area contributed by atoms with Gasteiger partial charge in [0.25, 0.3) is 5.76 Å². The third-order valence-corrected chi connectivity index (χ3v) is 3.10. The highest BCUT2D eigenvalue weighted by Crippen LogP contribution is 2.42. The summed E-state index contributed by atoms with van der Waals surface area (Å²) in [6, 6.07) is 0. The van der Waals surface area contributed by atoms with E-state index in [4.69, 9.17) is 20.3 Å². The van der Waals surface area contributed by atoms with Crippen molar-refractivity contribution in [3.05, 3.63) is 17.1 Å². The molecule has 2 heterocycles. The minimum atomic E-state index is -4.62. The van der Waals surface area contributed by atoms with E-state index in [-0.39, 0.29) is 23.5 Å². The summed E-state index contributed by atoms with van der Waals surface area (Å²) in [5.74, 6) is 0.920. The van der Waals surface area contributed by atoms with Crippen LogP contribution in [0, 0.1) is 19.3 Å². The van der Waals surface area contributed by atoms with Crippen molar-refractivity contribution < 1.29 is 27.1 Å². The second kappa shape index (κ2) is 5.80. The van der Waals surface area contributed by atoms with Crippen molar-refractivity contribution >= 4 is 0 Å². The van der Waals surface area contributed by atoms with Crippen molar-refractivity contribution in [1.29, 1.82) is 0 Å². The minimum Gasteiger partial charge on any atom is -0.461 e. The van der Waals surface area contributed by atoms with Crippen molar-refractivity contribution in [2.75, 3.05) is 6.61 Å². The predicted molar refractivity (Wildman–Crippen MR) is 65.2 cm³/mol. The highest BCUT2D eigenvalue weighted by molar-refractivity contribution is 5.41. The molecule has 0 saturated carbocycles. The summed E-state index contributed by atoms with van der Waals surface area (Å²) in [4.78, 5) is 0. The number of ether oxygens (including phenoxy) is 2. The van der Waals surface area contributed by atoms with Gasteiger partial charge in [0.1, 0.15) is 5.76 Å². The molecular weight excluding hydrogens is 273 g/mol. The van der Waals surface area contributed by atoms with Crippen LogP contribution in [-0.2, 0) is 17.3 Å². The Hall–Kier alpha value is -1.61. The molecule has 0 radical (unpaired) electrons. The zero-order chi connectivity index (χ0) is 14.8. The average Bonchev–Trinajstić information content (AvgIpc) is 2.69. The molecule has 3 nitrogen and oxygen atoms in total. The van der Waals surface area contributed by atoms with Crippen LogP contribution in [0.2, 0.25) is 0 Å². The lowest BCUT2D eigenvalue weighted by Gasteiger charge is -2.23. The average molecular weight is 288 g/mol. The van der Waals surface area contributed by atoms with Gasteiger partial charge < -0.3 is 13.9 Å². The monoisotopic (exact) mass is 288 g/mol. The van der Waals surface area contributed by atoms with Gasteiger partial charge in [0.15, 0.2) is 12.0 Å². The topological polar surface area (TPSA) is 31.6 Å². The number of rotatable bonds is 3. The van der Waals surface area contributed by atoms with Crippen LogP contribution >= 0.6 is 0 Å². The van der Waals surface area contributed by atoms with Crippen molar-refractivity contribution in [3.8, 4) is 18.1 Å². The first-order chi connectivity index (χ1) is 9.43. The highest BCUT2D eigenvalue weighted by atomic mass is 19.4. The quantitative estimate of drug-likeness (QED) is 0.795. The van der Waals surface area contributed by atoms with Crippen molar-refractivity contribution in [2.45, 2.75) is 45.1 Å². The van der Waals surface area contributed by atoms with E-state index in [9.17, 15) is 13.2 Å². The third kappa shape index (κ3) is 3.10. The van der Waals surface area contributed by atoms with Gasteiger partial charge in [-0.1, -0.05) is 5.92 Å². The lowest BCUT2D eigenvalue weighted by molar-refractivity contribution is -0.159. The molecular formula is C14H15F3O3. The molecule has 1 saturated heterocycles. The Kier molecular flexibility index (Phi) is 4.29. The zero-order valence-electron chi connectivity index (χ0n) is 11.0. The SMILES string of the molecule is C#CCc1oc(C(F)(F)F)c(OC2CCCCO2)c1C. The number of halogens is 3. The van der Waals surface area contributed by atoms with Crippen molar-refractivity contribution in [2.24, 2.45) is 0 Å². The van der Waals surface area contributed by atoms with Gasteiger partial charge in [-0.25, -0.2) is 0 Å². The number of hydrogen-bond acceptors (Lipinski definition) is 3. The van der Waals surface area contributed by atoms with Gasteiger partial charge in [0.2, 0.25) is 0 Å². The minimum absolute atomic E-state index is 0.0101. The maximum atomic E-state index is 13.0. The van der Waals surface area contributed by atoms with Gasteiger partial charge in [-0.05, 0) is 19.8 Å². The summed E-state index contributed by atoms with van der Waals surface area (Å²) in [6.45, 7) is 1.99. The molecule has 1 aliphatic heterocycles. The first kappa shape index (κ1) is 14.8. The van der Waals surface area contributed by atoms with Gasteiger partial charge >= 0.3 is 6.18 Å². The molecule has 1 aliphatic rings. The maximum absolute atomic E-state index is 13.0. The molecule has 2 rings (SSSR count). The molecule has 0 N–H and O–H groups in total. The Balaban J connectivity index is 2.31. The molecule has 1 unspecified atom stereocenters. The number of terminal acetylenes is 1. The maximum Gasteiger partial charge on any atom is 0.453 e. The van der Waals surface area contributed by atoms with E-state index in [2.05, 4.69) is 5.92 Å². The molecule has 0 bridgehead atoms. The Labute approximate surface area is 115 Å². The first-order valence-corrected chi connectivity index (χ1v) is 6.34. The molecule has 1 aromatic rings. The smallest absolute Gasteiger partial charge is 0.453 e. The Morgan fingerprint density at radius 3 is 2.70 bits per heavy atom. The lowest BCUT2D eigenvalue weighted by Crippen LogP contribution is -2.26. The molecule has 0 spiro atoms. The summed E-state index contributed by atoms with van der Waals surface area (Å²) < 4.78 is 54.4. The fraction of sp³-hybridized carbons (Fsp3) is 0.571. The lowest BCUT2D eigenvalue weighted by atomic mass is 10.2. The number of hydrogen-bond donors (Lipinski definition) is 0. The third-order valence-electron chi connectivity index (χ3n) is 3.10. The molecule has 0 amide bonds. The van der Waals surface area contributed by atoms with Crippen LogP contribution in [0.15, 0.2) is 4.42 Å². The van der Waals surface area contributed by atoms with Gasteiger partial charge in [0.05, 0.1) is 13.0 Å². The van der Waals surface area contributed by atoms with E-state index in [0.717, 1.165) is 12.8 Å². The van der Waals surface area contributed by atoms with E-state index in [0.29, 0.717) is 13.0 Å². The van der Waals surface area contributed by atoms with Crippen LogP contribution in [0.25, 0.3) is 0 Å². The Morgan fingerprint density at radius 1 is 1.40 bits per heavy atom. The molecule has 0 aliphatic carbocycles. The largest absolute Gasteiger partial charge is 0.461 e. The fourth-order valence-electron chi connectivity index (χ4n) is 2.07. The number of alkyl halides is 3. The van der Waals surface area contributed by atoms with Crippen LogP contribution in [-0.4, -0.2) is 12.9 Å². The van der Waals surface area contributed by atoms with Crippen LogP contribution < -0.4 is 4.74 Å². The standard InChI is InChI=1S/C14H15F3O3/c1-3-6-10-9(2)12(13(19-10)14(15,16)17)20-11-7-4-5-8-18-11/h1,11H,4-8H2,2H3. The van der Waals surface area contributed by atoms with Crippen molar-refractivity contribution in [1.82, 2.24) is 0 Å². The van der Waals surface area contributed by atoms with E-state index in [1.807, 2.05) is 0 Å². The summed E-state index contributed by atoms with van der Waals surface area (Å²) in [7, 11) is 0. The van der Waals surface area contributed by atoms with E-state index in [1.54, 1.807) is 0 Å². The zero-order valence-corrected chi connectivity index (χ0v) is 11.0. The summed E-state index contributed by atoms with van der Waals surface area (Å²) in [5.41, 5.74) is 0.282. The molecule has 1 aromatic heterocycles. The molecule has 1 atom stereocenters. The van der Waals surface area contributed by atoms with Gasteiger partial charge in [-0.3, -0.25) is 0 Å². The molecule has 110 valence electrons. The highest BCUT2D eigenvalue weighted by Gasteiger charge is 2.41. The molecule has 6 heteroatoms. The summed E-state index contributed by atoms with van der Waals surface area (Å²) >= 11 is 0. The summed E-state index contributed by atoms with van der Waals surface area (Å²) in [6.07, 6.45) is 2.14. The second-order valence-electron chi connectivity index (χ2n) is 4.60. The normalized spacial score (nSPS) is 19.6. The predicted octanol–water partition coefficient (Wildman–Crippen LogP) is 3.69. The van der Waals surface area contributed by atoms with Gasteiger partial charge in [0, 0.05) is 12.0 Å².